The summed E-state index contributed by atoms with van der Waals surface area (Å²) in [5, 5.41) is 15.4. The third-order valence-electron chi connectivity index (χ3n) is 5.65. The smallest absolute Gasteiger partial charge is 0.335 e. The van der Waals surface area contributed by atoms with Crippen molar-refractivity contribution in [3.63, 3.8) is 0 Å². The Labute approximate surface area is 189 Å². The molecule has 2 heterocycles. The van der Waals surface area contributed by atoms with Gasteiger partial charge >= 0.3 is 10.3 Å². The number of fused-ring (bicyclic) bond motifs is 1. The average Bonchev–Trinajstić information content (AvgIpc) is 3.31. The average molecular weight is 486 g/mol. The normalized spacial score (nSPS) is 21.8. The summed E-state index contributed by atoms with van der Waals surface area (Å²) in [6.07, 6.45) is 3.07. The number of hydrogen-bond donors (Lipinski definition) is 3. The Balaban J connectivity index is 1.55. The molecule has 3 N–H and O–H groups in total. The van der Waals surface area contributed by atoms with E-state index in [9.17, 15) is 18.1 Å². The van der Waals surface area contributed by atoms with E-state index >= 15 is 0 Å². The topological polar surface area (TPSA) is 121 Å². The van der Waals surface area contributed by atoms with Gasteiger partial charge in [0.25, 0.3) is 0 Å². The predicted molar refractivity (Wildman–Crippen MR) is 119 cm³/mol. The molecule has 0 saturated heterocycles. The first-order valence-electron chi connectivity index (χ1n) is 9.53. The number of rotatable bonds is 6. The van der Waals surface area contributed by atoms with Crippen molar-refractivity contribution in [2.24, 2.45) is 0 Å². The van der Waals surface area contributed by atoms with Crippen molar-refractivity contribution in [3.05, 3.63) is 52.4 Å². The van der Waals surface area contributed by atoms with Crippen LogP contribution in [0.25, 0.3) is 11.0 Å². The van der Waals surface area contributed by atoms with Gasteiger partial charge in [0.2, 0.25) is 0 Å². The molecule has 4 rings (SSSR count). The number of aromatic nitrogens is 3. The minimum atomic E-state index is -4.39. The number of likely N-dealkylation sites (N-methyl/N-ethyl adjacent to an activating group) is 1. The highest BCUT2D eigenvalue weighted by molar-refractivity contribution is 7.83. The van der Waals surface area contributed by atoms with Crippen LogP contribution in [-0.2, 0) is 16.8 Å². The molecule has 12 heteroatoms. The van der Waals surface area contributed by atoms with Crippen LogP contribution in [0.2, 0.25) is 10.0 Å². The summed E-state index contributed by atoms with van der Waals surface area (Å²) in [5.74, 6) is 0.639. The molecule has 0 aliphatic heterocycles. The third-order valence-corrected chi connectivity index (χ3v) is 7.39. The zero-order valence-corrected chi connectivity index (χ0v) is 18.8. The summed E-state index contributed by atoms with van der Waals surface area (Å²) in [6, 6.07) is 6.37. The van der Waals surface area contributed by atoms with Gasteiger partial charge in [0.1, 0.15) is 17.8 Å². The van der Waals surface area contributed by atoms with Crippen LogP contribution in [0.3, 0.4) is 0 Å². The highest BCUT2D eigenvalue weighted by Crippen LogP contribution is 2.36. The van der Waals surface area contributed by atoms with E-state index in [4.69, 9.17) is 23.2 Å². The Hall–Kier alpha value is -1.95. The van der Waals surface area contributed by atoms with Crippen molar-refractivity contribution in [2.75, 3.05) is 12.4 Å². The first kappa shape index (κ1) is 22.3. The fourth-order valence-electron chi connectivity index (χ4n) is 4.00. The van der Waals surface area contributed by atoms with Gasteiger partial charge in [-0.15, -0.1) is 0 Å². The molecule has 31 heavy (non-hydrogen) atoms. The van der Waals surface area contributed by atoms with Gasteiger partial charge in [-0.2, -0.15) is 12.7 Å². The van der Waals surface area contributed by atoms with E-state index in [0.29, 0.717) is 40.9 Å². The van der Waals surface area contributed by atoms with Crippen LogP contribution < -0.4 is 5.32 Å². The molecule has 0 unspecified atom stereocenters. The standard InChI is InChI=1S/C19H21Cl2N5O4S/c1-25(31(28,29)30)16-7-12(8-17(16)27)26-5-4-13-18(23-10-24-19(13)26)22-9-11-2-3-14(20)15(21)6-11/h2-6,10,12,16-17,27H,7-9H2,1H3,(H,22,23,24)(H,28,29,30)/t12-,16+,17+/m1/s1. The number of anilines is 1. The zero-order chi connectivity index (χ0) is 22.3. The molecule has 9 nitrogen and oxygen atoms in total. The first-order chi connectivity index (χ1) is 14.6. The largest absolute Gasteiger partial charge is 0.391 e. The Morgan fingerprint density at radius 3 is 2.71 bits per heavy atom. The summed E-state index contributed by atoms with van der Waals surface area (Å²) in [5.41, 5.74) is 1.61. The van der Waals surface area contributed by atoms with Gasteiger partial charge in [0, 0.05) is 25.8 Å². The lowest BCUT2D eigenvalue weighted by molar-refractivity contribution is 0.117. The second-order valence-electron chi connectivity index (χ2n) is 7.54. The lowest BCUT2D eigenvalue weighted by atomic mass is 10.2. The van der Waals surface area contributed by atoms with Gasteiger partial charge in [0.15, 0.2) is 0 Å². The van der Waals surface area contributed by atoms with E-state index in [1.54, 1.807) is 12.1 Å². The lowest BCUT2D eigenvalue weighted by Crippen LogP contribution is -2.41. The molecule has 0 amide bonds. The van der Waals surface area contributed by atoms with Crippen LogP contribution in [0.15, 0.2) is 36.8 Å². The van der Waals surface area contributed by atoms with E-state index < -0.39 is 22.4 Å². The van der Waals surface area contributed by atoms with Gasteiger partial charge in [-0.3, -0.25) is 4.55 Å². The van der Waals surface area contributed by atoms with E-state index in [0.717, 1.165) is 15.3 Å². The molecule has 1 aliphatic rings. The summed E-state index contributed by atoms with van der Waals surface area (Å²) in [4.78, 5) is 8.71. The van der Waals surface area contributed by atoms with E-state index in [1.807, 2.05) is 22.9 Å². The van der Waals surface area contributed by atoms with Gasteiger partial charge in [-0.05, 0) is 36.6 Å². The molecule has 1 saturated carbocycles. The lowest BCUT2D eigenvalue weighted by Gasteiger charge is -2.23. The summed E-state index contributed by atoms with van der Waals surface area (Å²) in [6.45, 7) is 0.484. The van der Waals surface area contributed by atoms with Crippen LogP contribution in [-0.4, -0.2) is 56.1 Å². The van der Waals surface area contributed by atoms with Crippen molar-refractivity contribution in [1.29, 1.82) is 0 Å². The van der Waals surface area contributed by atoms with E-state index in [-0.39, 0.29) is 6.04 Å². The Kier molecular flexibility index (Phi) is 6.12. The minimum absolute atomic E-state index is 0.181. The van der Waals surface area contributed by atoms with Crippen LogP contribution in [0, 0.1) is 0 Å². The SMILES string of the molecule is CN([C@H]1C[C@@H](n2ccc3c(NCc4ccc(Cl)c(Cl)c4)ncnc32)C[C@@H]1O)S(=O)(=O)O. The predicted octanol–water partition coefficient (Wildman–Crippen LogP) is 3.15. The molecule has 166 valence electrons. The number of nitrogens with one attached hydrogen (secondary N) is 1. The van der Waals surface area contributed by atoms with Crippen molar-refractivity contribution in [1.82, 2.24) is 18.8 Å². The van der Waals surface area contributed by atoms with E-state index in [1.165, 1.54) is 13.4 Å². The molecule has 0 spiro atoms. The maximum atomic E-state index is 11.5. The van der Waals surface area contributed by atoms with Crippen LogP contribution in [0.1, 0.15) is 24.4 Å². The molecule has 3 atom stereocenters. The molecule has 0 radical (unpaired) electrons. The maximum Gasteiger partial charge on any atom is 0.335 e. The molecule has 2 aromatic heterocycles. The fraction of sp³-hybridized carbons (Fsp3) is 0.368. The highest BCUT2D eigenvalue weighted by atomic mass is 35.5. The molecule has 3 aromatic rings. The molecular formula is C19H21Cl2N5O4S. The third kappa shape index (κ3) is 4.50. The number of aliphatic hydroxyl groups is 1. The molecule has 0 bridgehead atoms. The summed E-state index contributed by atoms with van der Waals surface area (Å²) >= 11 is 12.0. The number of nitrogens with zero attached hydrogens (tertiary/aromatic N) is 4. The quantitative estimate of drug-likeness (QED) is 0.458. The molecule has 1 aromatic carbocycles. The second kappa shape index (κ2) is 8.53. The van der Waals surface area contributed by atoms with Gasteiger partial charge in [-0.1, -0.05) is 29.3 Å². The van der Waals surface area contributed by atoms with Crippen LogP contribution in [0.5, 0.6) is 0 Å². The zero-order valence-electron chi connectivity index (χ0n) is 16.5. The highest BCUT2D eigenvalue weighted by Gasteiger charge is 2.40. The Morgan fingerprint density at radius 1 is 1.23 bits per heavy atom. The summed E-state index contributed by atoms with van der Waals surface area (Å²) < 4.78 is 34.9. The number of benzene rings is 1. The number of aliphatic hydroxyl groups excluding tert-OH is 1. The Morgan fingerprint density at radius 2 is 2.00 bits per heavy atom. The van der Waals surface area contributed by atoms with Crippen LogP contribution in [0.4, 0.5) is 5.82 Å². The van der Waals surface area contributed by atoms with Crippen molar-refractivity contribution < 1.29 is 18.1 Å². The number of halogens is 2. The minimum Gasteiger partial charge on any atom is -0.391 e. The van der Waals surface area contributed by atoms with Crippen molar-refractivity contribution in [3.8, 4) is 0 Å². The molecule has 1 fully saturated rings. The first-order valence-corrected chi connectivity index (χ1v) is 11.7. The summed E-state index contributed by atoms with van der Waals surface area (Å²) in [7, 11) is -3.13. The van der Waals surface area contributed by atoms with Crippen molar-refractivity contribution in [2.45, 2.75) is 37.6 Å². The van der Waals surface area contributed by atoms with Gasteiger partial charge < -0.3 is 15.0 Å². The van der Waals surface area contributed by atoms with E-state index in [2.05, 4.69) is 15.3 Å². The number of hydrogen-bond acceptors (Lipinski definition) is 6. The van der Waals surface area contributed by atoms with Gasteiger partial charge in [-0.25, -0.2) is 9.97 Å². The second-order valence-corrected chi connectivity index (χ2v) is 9.82. The monoisotopic (exact) mass is 485 g/mol. The van der Waals surface area contributed by atoms with Gasteiger partial charge in [0.05, 0.1) is 27.6 Å². The molecular weight excluding hydrogens is 465 g/mol. The van der Waals surface area contributed by atoms with Crippen LogP contribution >= 0.6 is 23.2 Å². The Bertz CT molecular complexity index is 1220. The fourth-order valence-corrected chi connectivity index (χ4v) is 4.89. The maximum absolute atomic E-state index is 11.5. The van der Waals surface area contributed by atoms with Crippen molar-refractivity contribution >= 4 is 50.4 Å². The molecule has 1 aliphatic carbocycles.